The van der Waals surface area contributed by atoms with Gasteiger partial charge < -0.3 is 4.98 Å². The molecule has 2 nitrogen and oxygen atoms in total. The molecule has 0 saturated carbocycles. The Morgan fingerprint density at radius 2 is 1.70 bits per heavy atom. The lowest BCUT2D eigenvalue weighted by Crippen LogP contribution is -2.06. The Labute approximate surface area is 115 Å². The molecule has 0 unspecified atom stereocenters. The van der Waals surface area contributed by atoms with Crippen molar-refractivity contribution in [3.8, 4) is 0 Å². The molecule has 3 rings (SSSR count). The molecular formula is C17H14FNO. The van der Waals surface area contributed by atoms with E-state index in [2.05, 4.69) is 4.98 Å². The number of hydrogen-bond donors (Lipinski definition) is 1. The summed E-state index contributed by atoms with van der Waals surface area (Å²) in [7, 11) is 0. The lowest BCUT2D eigenvalue weighted by atomic mass is 10.1. The number of nitrogens with one attached hydrogen (secondary N) is 1. The molecule has 0 spiro atoms. The maximum Gasteiger partial charge on any atom is 0.189 e. The maximum absolute atomic E-state index is 13.6. The summed E-state index contributed by atoms with van der Waals surface area (Å²) in [6.45, 7) is 0. The van der Waals surface area contributed by atoms with Gasteiger partial charge in [0.15, 0.2) is 5.43 Å². The molecule has 0 aliphatic heterocycles. The quantitative estimate of drug-likeness (QED) is 0.774. The third-order valence-electron chi connectivity index (χ3n) is 3.41. The van der Waals surface area contributed by atoms with Crippen LogP contribution in [0.25, 0.3) is 10.9 Å². The predicted molar refractivity (Wildman–Crippen MR) is 78.4 cm³/mol. The molecular weight excluding hydrogens is 253 g/mol. The van der Waals surface area contributed by atoms with Gasteiger partial charge in [-0.3, -0.25) is 4.79 Å². The van der Waals surface area contributed by atoms with E-state index in [0.29, 0.717) is 23.8 Å². The third kappa shape index (κ3) is 2.48. The van der Waals surface area contributed by atoms with Gasteiger partial charge in [0.1, 0.15) is 5.82 Å². The van der Waals surface area contributed by atoms with Crippen LogP contribution in [0.2, 0.25) is 0 Å². The Morgan fingerprint density at radius 1 is 0.950 bits per heavy atom. The van der Waals surface area contributed by atoms with E-state index in [1.165, 1.54) is 6.07 Å². The van der Waals surface area contributed by atoms with E-state index in [1.807, 2.05) is 24.3 Å². The Bertz CT molecular complexity index is 807. The van der Waals surface area contributed by atoms with Crippen molar-refractivity contribution < 1.29 is 4.39 Å². The number of para-hydroxylation sites is 1. The number of pyridine rings is 1. The van der Waals surface area contributed by atoms with Gasteiger partial charge in [-0.2, -0.15) is 0 Å². The predicted octanol–water partition coefficient (Wildman–Crippen LogP) is 3.45. The van der Waals surface area contributed by atoms with Gasteiger partial charge in [0.2, 0.25) is 0 Å². The third-order valence-corrected chi connectivity index (χ3v) is 3.41. The Balaban J connectivity index is 1.88. The molecule has 2 aromatic carbocycles. The van der Waals surface area contributed by atoms with Gasteiger partial charge in [0.25, 0.3) is 0 Å². The fraction of sp³-hybridized carbons (Fsp3) is 0.118. The highest BCUT2D eigenvalue weighted by atomic mass is 19.1. The van der Waals surface area contributed by atoms with Crippen molar-refractivity contribution in [2.45, 2.75) is 12.8 Å². The van der Waals surface area contributed by atoms with Gasteiger partial charge in [0.05, 0.1) is 0 Å². The fourth-order valence-electron chi connectivity index (χ4n) is 2.36. The molecule has 3 heteroatoms. The lowest BCUT2D eigenvalue weighted by molar-refractivity contribution is 0.608. The van der Waals surface area contributed by atoms with Crippen LogP contribution in [0.15, 0.2) is 59.4 Å². The van der Waals surface area contributed by atoms with Crippen molar-refractivity contribution in [2.75, 3.05) is 0 Å². The summed E-state index contributed by atoms with van der Waals surface area (Å²) in [5, 5.41) is 0.683. The normalized spacial score (nSPS) is 10.8. The van der Waals surface area contributed by atoms with Gasteiger partial charge in [-0.05, 0) is 36.6 Å². The summed E-state index contributed by atoms with van der Waals surface area (Å²) < 4.78 is 13.6. The average Bonchev–Trinajstić information content (AvgIpc) is 2.46. The average molecular weight is 267 g/mol. The minimum absolute atomic E-state index is 0.00267. The van der Waals surface area contributed by atoms with Crippen molar-refractivity contribution in [1.29, 1.82) is 0 Å². The molecule has 0 aliphatic rings. The standard InChI is InChI=1S/C17H14FNO/c18-15-7-3-1-5-12(15)9-10-13-11-17(20)14-6-2-4-8-16(14)19-13/h1-8,11H,9-10H2,(H,19,20). The van der Waals surface area contributed by atoms with Crippen LogP contribution in [0.5, 0.6) is 0 Å². The van der Waals surface area contributed by atoms with Crippen LogP contribution in [0.4, 0.5) is 4.39 Å². The first kappa shape index (κ1) is 12.6. The van der Waals surface area contributed by atoms with Gasteiger partial charge >= 0.3 is 0 Å². The van der Waals surface area contributed by atoms with E-state index in [0.717, 1.165) is 11.2 Å². The summed E-state index contributed by atoms with van der Waals surface area (Å²) in [5.74, 6) is -0.198. The van der Waals surface area contributed by atoms with Crippen LogP contribution in [0, 0.1) is 5.82 Å². The van der Waals surface area contributed by atoms with Crippen LogP contribution in [-0.4, -0.2) is 4.98 Å². The Morgan fingerprint density at radius 3 is 2.55 bits per heavy atom. The first-order chi connectivity index (χ1) is 9.74. The molecule has 0 aliphatic carbocycles. The molecule has 0 radical (unpaired) electrons. The Kier molecular flexibility index (Phi) is 3.33. The first-order valence-electron chi connectivity index (χ1n) is 6.58. The zero-order valence-electron chi connectivity index (χ0n) is 10.9. The van der Waals surface area contributed by atoms with Crippen LogP contribution >= 0.6 is 0 Å². The highest BCUT2D eigenvalue weighted by molar-refractivity contribution is 5.78. The molecule has 1 N–H and O–H groups in total. The Hall–Kier alpha value is -2.42. The number of rotatable bonds is 3. The summed E-state index contributed by atoms with van der Waals surface area (Å²) in [5.41, 5.74) is 2.32. The molecule has 3 aromatic rings. The number of aromatic nitrogens is 1. The SMILES string of the molecule is O=c1cc(CCc2ccccc2F)[nH]c2ccccc12. The van der Waals surface area contributed by atoms with Gasteiger partial charge in [-0.15, -0.1) is 0 Å². The zero-order chi connectivity index (χ0) is 13.9. The topological polar surface area (TPSA) is 32.9 Å². The molecule has 0 amide bonds. The number of halogens is 1. The fourth-order valence-corrected chi connectivity index (χ4v) is 2.36. The molecule has 100 valence electrons. The van der Waals surface area contributed by atoms with Crippen molar-refractivity contribution in [3.05, 3.63) is 81.9 Å². The molecule has 0 fully saturated rings. The largest absolute Gasteiger partial charge is 0.358 e. The van der Waals surface area contributed by atoms with E-state index in [9.17, 15) is 9.18 Å². The van der Waals surface area contributed by atoms with Crippen LogP contribution < -0.4 is 5.43 Å². The summed E-state index contributed by atoms with van der Waals surface area (Å²) >= 11 is 0. The maximum atomic E-state index is 13.6. The number of aryl methyl sites for hydroxylation is 2. The number of aromatic amines is 1. The smallest absolute Gasteiger partial charge is 0.189 e. The number of H-pyrrole nitrogens is 1. The molecule has 1 aromatic heterocycles. The second kappa shape index (κ2) is 5.29. The minimum atomic E-state index is -0.198. The zero-order valence-corrected chi connectivity index (χ0v) is 10.9. The second-order valence-electron chi connectivity index (χ2n) is 4.80. The van der Waals surface area contributed by atoms with Crippen LogP contribution in [-0.2, 0) is 12.8 Å². The minimum Gasteiger partial charge on any atom is -0.358 e. The summed E-state index contributed by atoms with van der Waals surface area (Å²) in [4.78, 5) is 15.2. The monoisotopic (exact) mass is 267 g/mol. The van der Waals surface area contributed by atoms with E-state index < -0.39 is 0 Å². The highest BCUT2D eigenvalue weighted by Gasteiger charge is 2.04. The van der Waals surface area contributed by atoms with Gasteiger partial charge in [-0.1, -0.05) is 30.3 Å². The van der Waals surface area contributed by atoms with E-state index in [1.54, 1.807) is 24.3 Å². The molecule has 1 heterocycles. The number of benzene rings is 2. The lowest BCUT2D eigenvalue weighted by Gasteiger charge is -2.05. The van der Waals surface area contributed by atoms with Crippen molar-refractivity contribution in [1.82, 2.24) is 4.98 Å². The van der Waals surface area contributed by atoms with Crippen molar-refractivity contribution in [3.63, 3.8) is 0 Å². The van der Waals surface area contributed by atoms with E-state index in [4.69, 9.17) is 0 Å². The van der Waals surface area contributed by atoms with Gasteiger partial charge in [-0.25, -0.2) is 4.39 Å². The van der Waals surface area contributed by atoms with Gasteiger partial charge in [0, 0.05) is 22.7 Å². The van der Waals surface area contributed by atoms with Crippen molar-refractivity contribution in [2.24, 2.45) is 0 Å². The van der Waals surface area contributed by atoms with Crippen LogP contribution in [0.3, 0.4) is 0 Å². The molecule has 20 heavy (non-hydrogen) atoms. The molecule has 0 atom stereocenters. The van der Waals surface area contributed by atoms with E-state index in [-0.39, 0.29) is 11.2 Å². The van der Waals surface area contributed by atoms with E-state index >= 15 is 0 Å². The number of fused-ring (bicyclic) bond motifs is 1. The second-order valence-corrected chi connectivity index (χ2v) is 4.80. The molecule has 0 saturated heterocycles. The summed E-state index contributed by atoms with van der Waals surface area (Å²) in [6, 6.07) is 15.7. The highest BCUT2D eigenvalue weighted by Crippen LogP contribution is 2.12. The summed E-state index contributed by atoms with van der Waals surface area (Å²) in [6.07, 6.45) is 1.18. The molecule has 0 bridgehead atoms. The number of hydrogen-bond acceptors (Lipinski definition) is 1. The van der Waals surface area contributed by atoms with Crippen molar-refractivity contribution >= 4 is 10.9 Å². The van der Waals surface area contributed by atoms with Crippen LogP contribution in [0.1, 0.15) is 11.3 Å². The first-order valence-corrected chi connectivity index (χ1v) is 6.58.